The second-order valence-corrected chi connectivity index (χ2v) is 10.4. The molecule has 0 unspecified atom stereocenters. The molecule has 1 aliphatic rings. The second-order valence-electron chi connectivity index (χ2n) is 8.76. The fourth-order valence-corrected chi connectivity index (χ4v) is 5.86. The van der Waals surface area contributed by atoms with Gasteiger partial charge in [-0.2, -0.15) is 0 Å². The number of carboxylic acid groups (broad SMARTS) is 1. The number of fused-ring (bicyclic) bond motifs is 2. The van der Waals surface area contributed by atoms with Crippen LogP contribution in [0.1, 0.15) is 29.3 Å². The van der Waals surface area contributed by atoms with Gasteiger partial charge in [-0.1, -0.05) is 42.5 Å². The number of hydrogen-bond donors (Lipinski definition) is 2. The average Bonchev–Trinajstić information content (AvgIpc) is 2.88. The molecule has 0 bridgehead atoms. The number of sulfonamides is 1. The van der Waals surface area contributed by atoms with Crippen molar-refractivity contribution in [2.24, 2.45) is 0 Å². The molecule has 1 heterocycles. The third kappa shape index (κ3) is 4.31. The van der Waals surface area contributed by atoms with E-state index in [9.17, 15) is 23.1 Å². The van der Waals surface area contributed by atoms with Gasteiger partial charge in [-0.25, -0.2) is 13.2 Å². The summed E-state index contributed by atoms with van der Waals surface area (Å²) in [4.78, 5) is 25.2. The van der Waals surface area contributed by atoms with E-state index >= 15 is 0 Å². The molecule has 7 nitrogen and oxygen atoms in total. The highest BCUT2D eigenvalue weighted by Crippen LogP contribution is 2.35. The second kappa shape index (κ2) is 9.13. The Kier molecular flexibility index (Phi) is 5.97. The summed E-state index contributed by atoms with van der Waals surface area (Å²) >= 11 is 0. The van der Waals surface area contributed by atoms with Crippen LogP contribution in [0.4, 0.5) is 11.4 Å². The first-order valence-corrected chi connectivity index (χ1v) is 13.0. The van der Waals surface area contributed by atoms with Crippen molar-refractivity contribution in [3.8, 4) is 11.1 Å². The normalized spacial score (nSPS) is 13.3. The predicted octanol–water partition coefficient (Wildman–Crippen LogP) is 5.30. The first-order chi connectivity index (χ1) is 17.2. The maximum atomic E-state index is 13.4. The Labute approximate surface area is 209 Å². The van der Waals surface area contributed by atoms with Crippen molar-refractivity contribution in [3.63, 3.8) is 0 Å². The van der Waals surface area contributed by atoms with Crippen LogP contribution >= 0.6 is 0 Å². The molecule has 0 fully saturated rings. The summed E-state index contributed by atoms with van der Waals surface area (Å²) in [7, 11) is -3.90. The van der Waals surface area contributed by atoms with Crippen LogP contribution in [0.3, 0.4) is 0 Å². The summed E-state index contributed by atoms with van der Waals surface area (Å²) in [6.45, 7) is 2.13. The number of aromatic carboxylic acids is 1. The van der Waals surface area contributed by atoms with Gasteiger partial charge in [0.15, 0.2) is 0 Å². The molecule has 5 rings (SSSR count). The summed E-state index contributed by atoms with van der Waals surface area (Å²) in [5.74, 6) is -1.08. The van der Waals surface area contributed by atoms with Gasteiger partial charge < -0.3 is 10.0 Å². The quantitative estimate of drug-likeness (QED) is 0.387. The van der Waals surface area contributed by atoms with E-state index in [2.05, 4.69) is 4.72 Å². The number of aryl methyl sites for hydroxylation is 1. The Morgan fingerprint density at radius 2 is 1.69 bits per heavy atom. The zero-order valence-electron chi connectivity index (χ0n) is 19.6. The minimum Gasteiger partial charge on any atom is -0.478 e. The lowest BCUT2D eigenvalue weighted by Gasteiger charge is -2.28. The fraction of sp³-hybridized carbons (Fsp3) is 0.143. The highest BCUT2D eigenvalue weighted by atomic mass is 32.2. The molecule has 0 aromatic heterocycles. The smallest absolute Gasteiger partial charge is 0.335 e. The number of carbonyl (C=O) groups is 2. The summed E-state index contributed by atoms with van der Waals surface area (Å²) in [6, 6.07) is 22.4. The van der Waals surface area contributed by atoms with Gasteiger partial charge in [0.05, 0.1) is 16.1 Å². The number of anilines is 2. The minimum atomic E-state index is -3.90. The van der Waals surface area contributed by atoms with E-state index in [1.54, 1.807) is 41.3 Å². The maximum absolute atomic E-state index is 13.4. The van der Waals surface area contributed by atoms with Crippen LogP contribution in [0, 0.1) is 0 Å². The average molecular weight is 501 g/mol. The highest BCUT2D eigenvalue weighted by molar-refractivity contribution is 7.92. The van der Waals surface area contributed by atoms with E-state index in [1.165, 1.54) is 19.1 Å². The third-order valence-corrected chi connectivity index (χ3v) is 7.81. The lowest BCUT2D eigenvalue weighted by Crippen LogP contribution is -2.33. The lowest BCUT2D eigenvalue weighted by molar-refractivity contribution is -0.116. The standard InChI is InChI=1S/C28H24N2O5S/c1-18(31)30-15-5-8-20-17-22(11-14-27(20)30)36(34,35)29-26-13-12-23(24-9-2-3-10-25(24)26)19-6-4-7-21(16-19)28(32)33/h2-4,6-7,9-14,16-17,29H,5,8,15H2,1H3,(H,32,33). The molecule has 182 valence electrons. The number of carboxylic acids is 1. The molecular weight excluding hydrogens is 476 g/mol. The summed E-state index contributed by atoms with van der Waals surface area (Å²) in [5.41, 5.74) is 3.72. The number of benzene rings is 4. The number of hydrogen-bond acceptors (Lipinski definition) is 4. The molecule has 8 heteroatoms. The predicted molar refractivity (Wildman–Crippen MR) is 140 cm³/mol. The van der Waals surface area contributed by atoms with Crippen molar-refractivity contribution in [1.82, 2.24) is 0 Å². The summed E-state index contributed by atoms with van der Waals surface area (Å²) < 4.78 is 29.5. The first kappa shape index (κ1) is 23.6. The van der Waals surface area contributed by atoms with Crippen molar-refractivity contribution in [3.05, 3.63) is 90.0 Å². The molecule has 0 spiro atoms. The van der Waals surface area contributed by atoms with Crippen LogP contribution in [-0.2, 0) is 21.2 Å². The summed E-state index contributed by atoms with van der Waals surface area (Å²) in [5, 5.41) is 10.9. The van der Waals surface area contributed by atoms with E-state index < -0.39 is 16.0 Å². The largest absolute Gasteiger partial charge is 0.478 e. The van der Waals surface area contributed by atoms with E-state index in [1.807, 2.05) is 30.3 Å². The molecule has 1 aliphatic heterocycles. The van der Waals surface area contributed by atoms with Crippen molar-refractivity contribution in [2.45, 2.75) is 24.7 Å². The van der Waals surface area contributed by atoms with Crippen LogP contribution in [0.5, 0.6) is 0 Å². The Hall–Kier alpha value is -4.17. The molecule has 2 N–H and O–H groups in total. The Balaban J connectivity index is 1.53. The molecular formula is C28H24N2O5S. The Bertz CT molecular complexity index is 1630. The zero-order chi connectivity index (χ0) is 25.4. The molecule has 0 saturated heterocycles. The van der Waals surface area contributed by atoms with Crippen LogP contribution in [0.2, 0.25) is 0 Å². The van der Waals surface area contributed by atoms with Gasteiger partial charge in [0.1, 0.15) is 0 Å². The number of rotatable bonds is 5. The first-order valence-electron chi connectivity index (χ1n) is 11.5. The molecule has 0 aliphatic carbocycles. The Morgan fingerprint density at radius 3 is 2.44 bits per heavy atom. The van der Waals surface area contributed by atoms with Gasteiger partial charge in [-0.05, 0) is 71.3 Å². The zero-order valence-corrected chi connectivity index (χ0v) is 20.4. The van der Waals surface area contributed by atoms with Gasteiger partial charge in [0.2, 0.25) is 5.91 Å². The van der Waals surface area contributed by atoms with Crippen LogP contribution < -0.4 is 9.62 Å². The monoisotopic (exact) mass is 500 g/mol. The Morgan fingerprint density at radius 1 is 0.917 bits per heavy atom. The molecule has 4 aromatic rings. The number of carbonyl (C=O) groups excluding carboxylic acids is 1. The van der Waals surface area contributed by atoms with E-state index in [4.69, 9.17) is 0 Å². The van der Waals surface area contributed by atoms with Crippen LogP contribution in [0.25, 0.3) is 21.9 Å². The molecule has 4 aromatic carbocycles. The lowest BCUT2D eigenvalue weighted by atomic mass is 9.96. The molecule has 1 amide bonds. The van der Waals surface area contributed by atoms with Gasteiger partial charge in [-0.3, -0.25) is 9.52 Å². The van der Waals surface area contributed by atoms with Crippen molar-refractivity contribution < 1.29 is 23.1 Å². The maximum Gasteiger partial charge on any atom is 0.335 e. The van der Waals surface area contributed by atoms with E-state index in [0.29, 0.717) is 24.0 Å². The van der Waals surface area contributed by atoms with Crippen LogP contribution in [-0.4, -0.2) is 31.9 Å². The van der Waals surface area contributed by atoms with Crippen molar-refractivity contribution in [2.75, 3.05) is 16.2 Å². The molecule has 36 heavy (non-hydrogen) atoms. The minimum absolute atomic E-state index is 0.0647. The van der Waals surface area contributed by atoms with Gasteiger partial charge in [-0.15, -0.1) is 0 Å². The van der Waals surface area contributed by atoms with Crippen LogP contribution in [0.15, 0.2) is 83.8 Å². The van der Waals surface area contributed by atoms with Gasteiger partial charge >= 0.3 is 5.97 Å². The van der Waals surface area contributed by atoms with E-state index in [-0.39, 0.29) is 16.4 Å². The fourth-order valence-electron chi connectivity index (χ4n) is 4.73. The number of nitrogens with one attached hydrogen (secondary N) is 1. The molecule has 0 radical (unpaired) electrons. The van der Waals surface area contributed by atoms with Gasteiger partial charge in [0.25, 0.3) is 10.0 Å². The highest BCUT2D eigenvalue weighted by Gasteiger charge is 2.23. The topological polar surface area (TPSA) is 104 Å². The number of nitrogens with zero attached hydrogens (tertiary/aromatic N) is 1. The van der Waals surface area contributed by atoms with Crippen molar-refractivity contribution >= 4 is 44.0 Å². The van der Waals surface area contributed by atoms with Gasteiger partial charge in [0, 0.05) is 24.5 Å². The molecule has 0 saturated carbocycles. The summed E-state index contributed by atoms with van der Waals surface area (Å²) in [6.07, 6.45) is 1.48. The van der Waals surface area contributed by atoms with Crippen molar-refractivity contribution in [1.29, 1.82) is 0 Å². The number of amides is 1. The third-order valence-electron chi connectivity index (χ3n) is 6.45. The SMILES string of the molecule is CC(=O)N1CCCc2cc(S(=O)(=O)Nc3ccc(-c4cccc(C(=O)O)c4)c4ccccc34)ccc21. The van der Waals surface area contributed by atoms with E-state index in [0.717, 1.165) is 34.2 Å². The molecule has 0 atom stereocenters.